The average Bonchev–Trinajstić information content (AvgIpc) is 2.37. The minimum absolute atomic E-state index is 0.171. The molecule has 0 fully saturated rings. The van der Waals surface area contributed by atoms with Gasteiger partial charge in [0, 0.05) is 29.2 Å². The maximum atomic E-state index is 14.0. The van der Waals surface area contributed by atoms with Crippen LogP contribution in [0.4, 0.5) is 15.8 Å². The summed E-state index contributed by atoms with van der Waals surface area (Å²) in [5, 5.41) is 3.97. The van der Waals surface area contributed by atoms with Crippen LogP contribution >= 0.6 is 27.5 Å². The molecule has 2 aromatic rings. The van der Waals surface area contributed by atoms with Gasteiger partial charge in [-0.05, 0) is 37.3 Å². The van der Waals surface area contributed by atoms with Gasteiger partial charge in [0.25, 0.3) is 0 Å². The molecule has 2 rings (SSSR count). The number of nitrogens with one attached hydrogen (secondary N) is 1. The average molecular weight is 372 g/mol. The fraction of sp³-hybridized carbons (Fsp3) is 0.250. The minimum atomic E-state index is -0.238. The summed E-state index contributed by atoms with van der Waals surface area (Å²) in [6, 6.07) is 10.5. The van der Waals surface area contributed by atoms with E-state index in [1.807, 2.05) is 50.2 Å². The normalized spacial score (nSPS) is 12.1. The van der Waals surface area contributed by atoms with Crippen LogP contribution in [-0.2, 0) is 0 Å². The zero-order valence-corrected chi connectivity index (χ0v) is 14.5. The molecule has 2 aromatic carbocycles. The summed E-state index contributed by atoms with van der Waals surface area (Å²) >= 11 is 9.33. The second-order valence-corrected chi connectivity index (χ2v) is 6.44. The van der Waals surface area contributed by atoms with Crippen molar-refractivity contribution in [2.45, 2.75) is 13.0 Å². The molecule has 0 saturated carbocycles. The Morgan fingerprint density at radius 3 is 2.52 bits per heavy atom. The standard InChI is InChI=1S/C16H17BrClFN2/c1-10(13-6-4-11(17)8-14(13)19)20-15-9-12(18)5-7-16(15)21(2)3/h4-10,20H,1-3H3. The van der Waals surface area contributed by atoms with Gasteiger partial charge < -0.3 is 10.2 Å². The first-order valence-corrected chi connectivity index (χ1v) is 7.74. The van der Waals surface area contributed by atoms with E-state index < -0.39 is 0 Å². The van der Waals surface area contributed by atoms with Gasteiger partial charge in [-0.2, -0.15) is 0 Å². The highest BCUT2D eigenvalue weighted by Gasteiger charge is 2.14. The molecule has 1 atom stereocenters. The summed E-state index contributed by atoms with van der Waals surface area (Å²) in [4.78, 5) is 1.99. The highest BCUT2D eigenvalue weighted by Crippen LogP contribution is 2.32. The fourth-order valence-electron chi connectivity index (χ4n) is 2.18. The van der Waals surface area contributed by atoms with Crippen LogP contribution in [0.2, 0.25) is 5.02 Å². The van der Waals surface area contributed by atoms with Crippen molar-refractivity contribution in [3.05, 3.63) is 57.3 Å². The van der Waals surface area contributed by atoms with Gasteiger partial charge in [0.15, 0.2) is 0 Å². The summed E-state index contributed by atoms with van der Waals surface area (Å²) in [7, 11) is 3.92. The van der Waals surface area contributed by atoms with Crippen LogP contribution < -0.4 is 10.2 Å². The van der Waals surface area contributed by atoms with Crippen LogP contribution in [-0.4, -0.2) is 14.1 Å². The van der Waals surface area contributed by atoms with Gasteiger partial charge in [0.1, 0.15) is 5.82 Å². The number of hydrogen-bond donors (Lipinski definition) is 1. The maximum absolute atomic E-state index is 14.0. The van der Waals surface area contributed by atoms with Gasteiger partial charge in [0.05, 0.1) is 17.4 Å². The number of rotatable bonds is 4. The van der Waals surface area contributed by atoms with Gasteiger partial charge in [-0.3, -0.25) is 0 Å². The molecule has 0 spiro atoms. The summed E-state index contributed by atoms with van der Waals surface area (Å²) in [5.41, 5.74) is 2.49. The minimum Gasteiger partial charge on any atom is -0.377 e. The smallest absolute Gasteiger partial charge is 0.129 e. The van der Waals surface area contributed by atoms with Crippen molar-refractivity contribution in [2.75, 3.05) is 24.3 Å². The molecule has 5 heteroatoms. The van der Waals surface area contributed by atoms with Gasteiger partial charge >= 0.3 is 0 Å². The van der Waals surface area contributed by atoms with Gasteiger partial charge in [-0.15, -0.1) is 0 Å². The molecule has 0 saturated heterocycles. The Kier molecular flexibility index (Phi) is 5.12. The Morgan fingerprint density at radius 2 is 1.90 bits per heavy atom. The van der Waals surface area contributed by atoms with Gasteiger partial charge in [0.2, 0.25) is 0 Å². The van der Waals surface area contributed by atoms with Crippen LogP contribution in [0.1, 0.15) is 18.5 Å². The van der Waals surface area contributed by atoms with Gasteiger partial charge in [-0.1, -0.05) is 33.6 Å². The van der Waals surface area contributed by atoms with Crippen molar-refractivity contribution in [1.82, 2.24) is 0 Å². The zero-order chi connectivity index (χ0) is 15.6. The maximum Gasteiger partial charge on any atom is 0.129 e. The van der Waals surface area contributed by atoms with Crippen LogP contribution in [0, 0.1) is 5.82 Å². The number of benzene rings is 2. The Morgan fingerprint density at radius 1 is 1.19 bits per heavy atom. The SMILES string of the molecule is CC(Nc1cc(Cl)ccc1N(C)C)c1ccc(Br)cc1F. The summed E-state index contributed by atoms with van der Waals surface area (Å²) < 4.78 is 14.8. The Hall–Kier alpha value is -1.26. The lowest BCUT2D eigenvalue weighted by molar-refractivity contribution is 0.599. The predicted octanol–water partition coefficient (Wildman–Crippen LogP) is 5.48. The number of anilines is 2. The molecular formula is C16H17BrClFN2. The number of hydrogen-bond acceptors (Lipinski definition) is 2. The van der Waals surface area contributed by atoms with Gasteiger partial charge in [-0.25, -0.2) is 4.39 Å². The van der Waals surface area contributed by atoms with E-state index >= 15 is 0 Å². The third-order valence-electron chi connectivity index (χ3n) is 3.24. The van der Waals surface area contributed by atoms with Crippen LogP contribution in [0.5, 0.6) is 0 Å². The molecule has 0 bridgehead atoms. The van der Waals surface area contributed by atoms with Crippen molar-refractivity contribution in [2.24, 2.45) is 0 Å². The van der Waals surface area contributed by atoms with E-state index in [0.29, 0.717) is 10.6 Å². The monoisotopic (exact) mass is 370 g/mol. The van der Waals surface area contributed by atoms with E-state index in [2.05, 4.69) is 21.2 Å². The summed E-state index contributed by atoms with van der Waals surface area (Å²) in [6.45, 7) is 1.92. The first-order chi connectivity index (χ1) is 9.88. The Bertz CT molecular complexity index is 646. The van der Waals surface area contributed by atoms with Crippen LogP contribution in [0.15, 0.2) is 40.9 Å². The Labute approximate surface area is 138 Å². The molecule has 0 aliphatic rings. The fourth-order valence-corrected chi connectivity index (χ4v) is 2.68. The molecule has 0 aromatic heterocycles. The molecule has 0 radical (unpaired) electrons. The molecule has 0 aliphatic heterocycles. The third kappa shape index (κ3) is 3.89. The first kappa shape index (κ1) is 16.1. The highest BCUT2D eigenvalue weighted by atomic mass is 79.9. The van der Waals surface area contributed by atoms with E-state index in [1.54, 1.807) is 6.07 Å². The second kappa shape index (κ2) is 6.67. The van der Waals surface area contributed by atoms with Crippen molar-refractivity contribution in [3.63, 3.8) is 0 Å². The van der Waals surface area contributed by atoms with Crippen molar-refractivity contribution in [3.8, 4) is 0 Å². The van der Waals surface area contributed by atoms with E-state index in [0.717, 1.165) is 15.8 Å². The van der Waals surface area contributed by atoms with Crippen LogP contribution in [0.25, 0.3) is 0 Å². The van der Waals surface area contributed by atoms with Crippen molar-refractivity contribution >= 4 is 38.9 Å². The predicted molar refractivity (Wildman–Crippen MR) is 91.9 cm³/mol. The van der Waals surface area contributed by atoms with E-state index in [4.69, 9.17) is 11.6 Å². The number of nitrogens with zero attached hydrogens (tertiary/aromatic N) is 1. The van der Waals surface area contributed by atoms with E-state index in [-0.39, 0.29) is 11.9 Å². The molecule has 0 heterocycles. The molecule has 21 heavy (non-hydrogen) atoms. The van der Waals surface area contributed by atoms with Crippen molar-refractivity contribution in [1.29, 1.82) is 0 Å². The molecule has 2 nitrogen and oxygen atoms in total. The number of halogens is 3. The summed E-state index contributed by atoms with van der Waals surface area (Å²) in [5.74, 6) is -0.238. The lowest BCUT2D eigenvalue weighted by atomic mass is 10.1. The molecular weight excluding hydrogens is 355 g/mol. The molecule has 0 amide bonds. The van der Waals surface area contributed by atoms with Crippen LogP contribution in [0.3, 0.4) is 0 Å². The molecule has 1 unspecified atom stereocenters. The lowest BCUT2D eigenvalue weighted by Gasteiger charge is -2.22. The highest BCUT2D eigenvalue weighted by molar-refractivity contribution is 9.10. The Balaban J connectivity index is 2.31. The largest absolute Gasteiger partial charge is 0.377 e. The quantitative estimate of drug-likeness (QED) is 0.765. The van der Waals surface area contributed by atoms with E-state index in [9.17, 15) is 4.39 Å². The lowest BCUT2D eigenvalue weighted by Crippen LogP contribution is -2.14. The zero-order valence-electron chi connectivity index (χ0n) is 12.1. The topological polar surface area (TPSA) is 15.3 Å². The summed E-state index contributed by atoms with van der Waals surface area (Å²) in [6.07, 6.45) is 0. The first-order valence-electron chi connectivity index (χ1n) is 6.57. The molecule has 112 valence electrons. The molecule has 0 aliphatic carbocycles. The molecule has 1 N–H and O–H groups in total. The van der Waals surface area contributed by atoms with Crippen molar-refractivity contribution < 1.29 is 4.39 Å². The van der Waals surface area contributed by atoms with E-state index in [1.165, 1.54) is 6.07 Å². The third-order valence-corrected chi connectivity index (χ3v) is 3.97. The second-order valence-electron chi connectivity index (χ2n) is 5.09.